The Morgan fingerprint density at radius 3 is 2.68 bits per heavy atom. The zero-order valence-corrected chi connectivity index (χ0v) is 12.0. The van der Waals surface area contributed by atoms with Crippen LogP contribution >= 0.6 is 0 Å². The Hall–Kier alpha value is -2.96. The van der Waals surface area contributed by atoms with Crippen LogP contribution in [0.3, 0.4) is 0 Å². The third kappa shape index (κ3) is 2.73. The first-order valence-corrected chi connectivity index (χ1v) is 6.92. The fraction of sp³-hybridized carbons (Fsp3) is 0.200. The van der Waals surface area contributed by atoms with E-state index >= 15 is 0 Å². The van der Waals surface area contributed by atoms with E-state index < -0.39 is 5.97 Å². The lowest BCUT2D eigenvalue weighted by atomic mass is 10.1. The van der Waals surface area contributed by atoms with Gasteiger partial charge in [0.2, 0.25) is 0 Å². The minimum Gasteiger partial charge on any atom is -0.478 e. The molecule has 3 aromatic rings. The molecule has 1 N–H and O–H groups in total. The van der Waals surface area contributed by atoms with Gasteiger partial charge in [-0.15, -0.1) is 5.10 Å². The van der Waals surface area contributed by atoms with Crippen LogP contribution in [0.15, 0.2) is 42.7 Å². The number of hydrogen-bond donors (Lipinski definition) is 1. The Bertz CT molecular complexity index is 788. The van der Waals surface area contributed by atoms with Crippen molar-refractivity contribution < 1.29 is 9.90 Å². The molecule has 0 amide bonds. The second-order valence-corrected chi connectivity index (χ2v) is 4.84. The smallest absolute Gasteiger partial charge is 0.335 e. The highest BCUT2D eigenvalue weighted by molar-refractivity contribution is 5.87. The van der Waals surface area contributed by atoms with Crippen molar-refractivity contribution in [2.75, 3.05) is 0 Å². The monoisotopic (exact) mass is 297 g/mol. The van der Waals surface area contributed by atoms with Crippen LogP contribution in [0.4, 0.5) is 0 Å². The summed E-state index contributed by atoms with van der Waals surface area (Å²) in [6.45, 7) is 3.32. The summed E-state index contributed by atoms with van der Waals surface area (Å²) in [5, 5.41) is 21.4. The van der Waals surface area contributed by atoms with E-state index in [1.165, 1.54) is 0 Å². The lowest BCUT2D eigenvalue weighted by Crippen LogP contribution is -2.02. The first kappa shape index (κ1) is 14.0. The van der Waals surface area contributed by atoms with E-state index in [9.17, 15) is 4.79 Å². The van der Waals surface area contributed by atoms with Crippen molar-refractivity contribution >= 4 is 5.97 Å². The van der Waals surface area contributed by atoms with Crippen LogP contribution in [0.5, 0.6) is 0 Å². The maximum Gasteiger partial charge on any atom is 0.335 e. The maximum absolute atomic E-state index is 10.8. The molecule has 22 heavy (non-hydrogen) atoms. The average Bonchev–Trinajstić information content (AvgIpc) is 3.15. The summed E-state index contributed by atoms with van der Waals surface area (Å²) in [6, 6.07) is 8.63. The Kier molecular flexibility index (Phi) is 3.69. The molecule has 0 saturated carbocycles. The van der Waals surface area contributed by atoms with Crippen molar-refractivity contribution in [3.8, 4) is 11.4 Å². The van der Waals surface area contributed by atoms with Crippen LogP contribution in [-0.4, -0.2) is 35.9 Å². The molecule has 7 heteroatoms. The fourth-order valence-electron chi connectivity index (χ4n) is 2.24. The summed E-state index contributed by atoms with van der Waals surface area (Å²) in [7, 11) is 0. The van der Waals surface area contributed by atoms with E-state index in [2.05, 4.69) is 15.4 Å². The molecule has 3 rings (SSSR count). The van der Waals surface area contributed by atoms with Crippen molar-refractivity contribution in [2.45, 2.75) is 20.0 Å². The number of carboxylic acid groups (broad SMARTS) is 1. The van der Waals surface area contributed by atoms with Crippen molar-refractivity contribution in [1.29, 1.82) is 0 Å². The van der Waals surface area contributed by atoms with Gasteiger partial charge in [0, 0.05) is 12.7 Å². The minimum atomic E-state index is -0.928. The minimum absolute atomic E-state index is 0.273. The van der Waals surface area contributed by atoms with Crippen LogP contribution in [0, 0.1) is 0 Å². The molecule has 0 spiro atoms. The molecule has 7 nitrogen and oxygen atoms in total. The number of nitrogens with zero attached hydrogens (tertiary/aromatic N) is 5. The third-order valence-electron chi connectivity index (χ3n) is 3.36. The van der Waals surface area contributed by atoms with E-state index in [4.69, 9.17) is 5.11 Å². The topological polar surface area (TPSA) is 85.8 Å². The number of aryl methyl sites for hydroxylation is 1. The van der Waals surface area contributed by atoms with Gasteiger partial charge in [-0.25, -0.2) is 9.48 Å². The second kappa shape index (κ2) is 5.80. The van der Waals surface area contributed by atoms with E-state index in [1.807, 2.05) is 23.9 Å². The van der Waals surface area contributed by atoms with E-state index in [0.29, 0.717) is 6.54 Å². The number of aromatic nitrogens is 5. The summed E-state index contributed by atoms with van der Waals surface area (Å²) in [4.78, 5) is 10.8. The van der Waals surface area contributed by atoms with Crippen LogP contribution < -0.4 is 0 Å². The Morgan fingerprint density at radius 2 is 2.00 bits per heavy atom. The highest BCUT2D eigenvalue weighted by Gasteiger charge is 2.09. The summed E-state index contributed by atoms with van der Waals surface area (Å²) in [6.07, 6.45) is 3.59. The van der Waals surface area contributed by atoms with Gasteiger partial charge >= 0.3 is 5.97 Å². The predicted octanol–water partition coefficient (Wildman–Crippen LogP) is 1.91. The van der Waals surface area contributed by atoms with Gasteiger partial charge in [-0.05, 0) is 30.7 Å². The molecule has 0 fully saturated rings. The predicted molar refractivity (Wildman–Crippen MR) is 79.4 cm³/mol. The first-order valence-electron chi connectivity index (χ1n) is 6.92. The molecule has 2 heterocycles. The Morgan fingerprint density at radius 1 is 1.23 bits per heavy atom. The average molecular weight is 297 g/mol. The molecule has 0 atom stereocenters. The van der Waals surface area contributed by atoms with Gasteiger partial charge < -0.3 is 5.11 Å². The molecule has 112 valence electrons. The number of benzene rings is 1. The van der Waals surface area contributed by atoms with E-state index in [0.717, 1.165) is 23.5 Å². The number of hydrogen-bond acceptors (Lipinski definition) is 4. The Balaban J connectivity index is 1.78. The molecular formula is C15H15N5O2. The highest BCUT2D eigenvalue weighted by Crippen LogP contribution is 2.16. The van der Waals surface area contributed by atoms with E-state index in [1.54, 1.807) is 35.1 Å². The molecule has 0 saturated heterocycles. The lowest BCUT2D eigenvalue weighted by Gasteiger charge is -2.02. The van der Waals surface area contributed by atoms with Crippen LogP contribution in [-0.2, 0) is 13.1 Å². The second-order valence-electron chi connectivity index (χ2n) is 4.84. The third-order valence-corrected chi connectivity index (χ3v) is 3.36. The van der Waals surface area contributed by atoms with Gasteiger partial charge in [0.25, 0.3) is 0 Å². The van der Waals surface area contributed by atoms with Crippen molar-refractivity contribution in [1.82, 2.24) is 24.8 Å². The van der Waals surface area contributed by atoms with Crippen LogP contribution in [0.25, 0.3) is 11.4 Å². The van der Waals surface area contributed by atoms with Gasteiger partial charge in [0.1, 0.15) is 5.69 Å². The standard InChI is InChI=1S/C15H15N5O2/c1-2-20-14(7-8-16-20)13-10-19(18-17-13)9-11-3-5-12(6-4-11)15(21)22/h3-8,10H,2,9H2,1H3,(H,21,22). The lowest BCUT2D eigenvalue weighted by molar-refractivity contribution is 0.0697. The number of aromatic carboxylic acids is 1. The maximum atomic E-state index is 10.8. The SMILES string of the molecule is CCn1nccc1-c1cn(Cc2ccc(C(=O)O)cc2)nn1. The quantitative estimate of drug-likeness (QED) is 0.777. The van der Waals surface area contributed by atoms with Gasteiger partial charge in [-0.1, -0.05) is 17.3 Å². The zero-order valence-electron chi connectivity index (χ0n) is 12.0. The molecule has 0 aliphatic heterocycles. The Labute approximate surface area is 126 Å². The van der Waals surface area contributed by atoms with Gasteiger partial charge in [0.05, 0.1) is 24.0 Å². The summed E-state index contributed by atoms with van der Waals surface area (Å²) in [5.74, 6) is -0.928. The van der Waals surface area contributed by atoms with E-state index in [-0.39, 0.29) is 5.56 Å². The summed E-state index contributed by atoms with van der Waals surface area (Å²) in [5.41, 5.74) is 2.93. The zero-order chi connectivity index (χ0) is 15.5. The summed E-state index contributed by atoms with van der Waals surface area (Å²) < 4.78 is 3.58. The van der Waals surface area contributed by atoms with Crippen LogP contribution in [0.2, 0.25) is 0 Å². The summed E-state index contributed by atoms with van der Waals surface area (Å²) >= 11 is 0. The molecule has 2 aromatic heterocycles. The van der Waals surface area contributed by atoms with Crippen LogP contribution in [0.1, 0.15) is 22.8 Å². The van der Waals surface area contributed by atoms with Gasteiger partial charge in [-0.2, -0.15) is 5.10 Å². The highest BCUT2D eigenvalue weighted by atomic mass is 16.4. The van der Waals surface area contributed by atoms with Crippen molar-refractivity contribution in [2.24, 2.45) is 0 Å². The molecular weight excluding hydrogens is 282 g/mol. The molecule has 1 aromatic carbocycles. The molecule has 0 aliphatic carbocycles. The normalized spacial score (nSPS) is 10.8. The number of carboxylic acids is 1. The molecule has 0 unspecified atom stereocenters. The fourth-order valence-corrected chi connectivity index (χ4v) is 2.24. The van der Waals surface area contributed by atoms with Gasteiger partial charge in [0.15, 0.2) is 0 Å². The molecule has 0 radical (unpaired) electrons. The van der Waals surface area contributed by atoms with Gasteiger partial charge in [-0.3, -0.25) is 4.68 Å². The van der Waals surface area contributed by atoms with Crippen molar-refractivity contribution in [3.63, 3.8) is 0 Å². The number of carbonyl (C=O) groups is 1. The number of rotatable bonds is 5. The molecule has 0 bridgehead atoms. The largest absolute Gasteiger partial charge is 0.478 e. The van der Waals surface area contributed by atoms with Crippen molar-refractivity contribution in [3.05, 3.63) is 53.9 Å². The first-order chi connectivity index (χ1) is 10.7. The molecule has 0 aliphatic rings.